The van der Waals surface area contributed by atoms with E-state index in [0.717, 1.165) is 17.7 Å². The zero-order valence-corrected chi connectivity index (χ0v) is 15.5. The van der Waals surface area contributed by atoms with Crippen LogP contribution in [0.5, 0.6) is 0 Å². The first kappa shape index (κ1) is 19.0. The summed E-state index contributed by atoms with van der Waals surface area (Å²) >= 11 is 0. The fraction of sp³-hybridized carbons (Fsp3) is 0.250. The summed E-state index contributed by atoms with van der Waals surface area (Å²) in [5.41, 5.74) is 0.917. The number of hydrogen-bond acceptors (Lipinski definition) is 4. The van der Waals surface area contributed by atoms with Crippen molar-refractivity contribution in [1.82, 2.24) is 14.3 Å². The third-order valence-corrected chi connectivity index (χ3v) is 4.83. The van der Waals surface area contributed by atoms with Crippen molar-refractivity contribution in [3.63, 3.8) is 0 Å². The van der Waals surface area contributed by atoms with Gasteiger partial charge in [-0.15, -0.1) is 0 Å². The normalized spacial score (nSPS) is 14.6. The molecule has 1 aromatic carbocycles. The predicted molar refractivity (Wildman–Crippen MR) is 98.5 cm³/mol. The van der Waals surface area contributed by atoms with E-state index >= 15 is 0 Å². The molecule has 1 saturated heterocycles. The Morgan fingerprint density at radius 3 is 2.66 bits per heavy atom. The fourth-order valence-electron chi connectivity index (χ4n) is 3.37. The number of carbonyl (C=O) groups is 2. The summed E-state index contributed by atoms with van der Waals surface area (Å²) in [6.45, 7) is 2.61. The Balaban J connectivity index is 1.90. The molecule has 7 nitrogen and oxygen atoms in total. The summed E-state index contributed by atoms with van der Waals surface area (Å²) in [6, 6.07) is 5.11. The highest BCUT2D eigenvalue weighted by Gasteiger charge is 2.26. The molecule has 0 spiro atoms. The number of aryl methyl sites for hydroxylation is 1. The maximum atomic E-state index is 14.7. The summed E-state index contributed by atoms with van der Waals surface area (Å²) < 4.78 is 36.3. The number of carbonyl (C=O) groups excluding carboxylic acids is 1. The number of ether oxygens (including phenoxy) is 1. The second-order valence-electron chi connectivity index (χ2n) is 6.83. The summed E-state index contributed by atoms with van der Waals surface area (Å²) in [5, 5.41) is 9.03. The molecular weight excluding hydrogens is 384 g/mol. The lowest BCUT2D eigenvalue weighted by Gasteiger charge is -2.27. The van der Waals surface area contributed by atoms with Gasteiger partial charge >= 0.3 is 5.97 Å². The number of aromatic carboxylic acids is 1. The lowest BCUT2D eigenvalue weighted by Crippen LogP contribution is -2.41. The van der Waals surface area contributed by atoms with Crippen molar-refractivity contribution in [3.8, 4) is 11.3 Å². The number of benzene rings is 1. The quantitative estimate of drug-likeness (QED) is 0.727. The first-order chi connectivity index (χ1) is 13.8. The van der Waals surface area contributed by atoms with E-state index in [9.17, 15) is 18.4 Å². The number of pyridine rings is 1. The predicted octanol–water partition coefficient (Wildman–Crippen LogP) is 2.64. The molecule has 1 N–H and O–H groups in total. The molecule has 3 aromatic rings. The molecule has 1 fully saturated rings. The number of fused-ring (bicyclic) bond motifs is 1. The third-order valence-electron chi connectivity index (χ3n) is 4.83. The molecule has 1 amide bonds. The van der Waals surface area contributed by atoms with Gasteiger partial charge in [-0.3, -0.25) is 4.79 Å². The van der Waals surface area contributed by atoms with Crippen LogP contribution in [0.25, 0.3) is 16.9 Å². The number of morpholine rings is 1. The van der Waals surface area contributed by atoms with Gasteiger partial charge in [-0.05, 0) is 36.8 Å². The van der Waals surface area contributed by atoms with Gasteiger partial charge in [-0.2, -0.15) is 0 Å². The number of imidazole rings is 1. The summed E-state index contributed by atoms with van der Waals surface area (Å²) in [6.07, 6.45) is 1.73. The fourth-order valence-corrected chi connectivity index (χ4v) is 3.37. The molecule has 1 aliphatic heterocycles. The zero-order chi connectivity index (χ0) is 20.7. The van der Waals surface area contributed by atoms with Crippen LogP contribution >= 0.6 is 0 Å². The molecule has 4 rings (SSSR count). The molecule has 0 atom stereocenters. The van der Waals surface area contributed by atoms with Crippen LogP contribution in [0.15, 0.2) is 30.5 Å². The Kier molecular flexibility index (Phi) is 4.75. The zero-order valence-electron chi connectivity index (χ0n) is 15.5. The molecule has 1 aliphatic rings. The standard InChI is InChI=1S/C20H17F2N3O4/c1-11-2-3-25-15(9-24-4-5-29-10-17(24)26)19(23-16(25)6-11)18-13(21)7-12(20(27)28)8-14(18)22/h2-3,6-8H,4-5,9-10H2,1H3,(H,27,28). The molecule has 150 valence electrons. The molecule has 29 heavy (non-hydrogen) atoms. The van der Waals surface area contributed by atoms with E-state index < -0.39 is 28.7 Å². The van der Waals surface area contributed by atoms with E-state index in [-0.39, 0.29) is 24.8 Å². The highest BCUT2D eigenvalue weighted by Crippen LogP contribution is 2.31. The van der Waals surface area contributed by atoms with Crippen molar-refractivity contribution in [3.05, 3.63) is 58.9 Å². The van der Waals surface area contributed by atoms with Crippen molar-refractivity contribution < 1.29 is 28.2 Å². The summed E-state index contributed by atoms with van der Waals surface area (Å²) in [7, 11) is 0. The van der Waals surface area contributed by atoms with Crippen LogP contribution in [0.1, 0.15) is 21.6 Å². The topological polar surface area (TPSA) is 84.1 Å². The Hall–Kier alpha value is -3.33. The molecule has 0 unspecified atom stereocenters. The number of carboxylic acids is 1. The number of amides is 1. The van der Waals surface area contributed by atoms with Crippen LogP contribution in [0.4, 0.5) is 8.78 Å². The molecule has 3 heterocycles. The number of nitrogens with zero attached hydrogens (tertiary/aromatic N) is 3. The third kappa shape index (κ3) is 3.44. The number of rotatable bonds is 4. The number of hydrogen-bond donors (Lipinski definition) is 1. The van der Waals surface area contributed by atoms with E-state index in [1.165, 1.54) is 4.90 Å². The van der Waals surface area contributed by atoms with Gasteiger partial charge in [-0.1, -0.05) is 0 Å². The SMILES string of the molecule is Cc1ccn2c(CN3CCOCC3=O)c(-c3c(F)cc(C(=O)O)cc3F)nc2c1. The Labute approximate surface area is 164 Å². The van der Waals surface area contributed by atoms with Gasteiger partial charge in [0.15, 0.2) is 0 Å². The van der Waals surface area contributed by atoms with E-state index in [0.29, 0.717) is 24.5 Å². The average Bonchev–Trinajstić information content (AvgIpc) is 3.00. The van der Waals surface area contributed by atoms with Gasteiger partial charge in [0, 0.05) is 12.7 Å². The van der Waals surface area contributed by atoms with E-state index in [4.69, 9.17) is 9.84 Å². The Bertz CT molecular complexity index is 1120. The summed E-state index contributed by atoms with van der Waals surface area (Å²) in [5.74, 6) is -3.72. The smallest absolute Gasteiger partial charge is 0.335 e. The van der Waals surface area contributed by atoms with Crippen molar-refractivity contribution >= 4 is 17.5 Å². The van der Waals surface area contributed by atoms with Crippen molar-refractivity contribution in [2.45, 2.75) is 13.5 Å². The highest BCUT2D eigenvalue weighted by molar-refractivity contribution is 5.88. The van der Waals surface area contributed by atoms with Crippen LogP contribution < -0.4 is 0 Å². The van der Waals surface area contributed by atoms with Crippen LogP contribution in [-0.2, 0) is 16.1 Å². The van der Waals surface area contributed by atoms with Gasteiger partial charge in [0.05, 0.1) is 30.0 Å². The van der Waals surface area contributed by atoms with Gasteiger partial charge in [0.2, 0.25) is 5.91 Å². The first-order valence-corrected chi connectivity index (χ1v) is 8.91. The van der Waals surface area contributed by atoms with E-state index in [1.807, 2.05) is 13.0 Å². The van der Waals surface area contributed by atoms with E-state index in [1.54, 1.807) is 16.7 Å². The molecule has 2 aromatic heterocycles. The van der Waals surface area contributed by atoms with Crippen LogP contribution in [0.3, 0.4) is 0 Å². The minimum atomic E-state index is -1.43. The number of halogens is 2. The van der Waals surface area contributed by atoms with Crippen molar-refractivity contribution in [2.24, 2.45) is 0 Å². The van der Waals surface area contributed by atoms with E-state index in [2.05, 4.69) is 4.98 Å². The molecule has 0 aliphatic carbocycles. The van der Waals surface area contributed by atoms with Crippen molar-refractivity contribution in [1.29, 1.82) is 0 Å². The Morgan fingerprint density at radius 2 is 2.00 bits per heavy atom. The molecule has 9 heteroatoms. The lowest BCUT2D eigenvalue weighted by molar-refractivity contribution is -0.143. The van der Waals surface area contributed by atoms with Crippen molar-refractivity contribution in [2.75, 3.05) is 19.8 Å². The molecule has 0 saturated carbocycles. The average molecular weight is 401 g/mol. The van der Waals surface area contributed by atoms with Crippen LogP contribution in [0.2, 0.25) is 0 Å². The van der Waals surface area contributed by atoms with Crippen LogP contribution in [0, 0.1) is 18.6 Å². The number of carboxylic acid groups (broad SMARTS) is 1. The lowest BCUT2D eigenvalue weighted by atomic mass is 10.1. The summed E-state index contributed by atoms with van der Waals surface area (Å²) in [4.78, 5) is 29.2. The van der Waals surface area contributed by atoms with Crippen LogP contribution in [-0.4, -0.2) is 51.0 Å². The second-order valence-corrected chi connectivity index (χ2v) is 6.83. The number of aromatic nitrogens is 2. The molecular formula is C20H17F2N3O4. The largest absolute Gasteiger partial charge is 0.478 e. The molecule has 0 bridgehead atoms. The Morgan fingerprint density at radius 1 is 1.28 bits per heavy atom. The first-order valence-electron chi connectivity index (χ1n) is 8.91. The maximum Gasteiger partial charge on any atom is 0.335 e. The monoisotopic (exact) mass is 401 g/mol. The second kappa shape index (κ2) is 7.25. The maximum absolute atomic E-state index is 14.7. The van der Waals surface area contributed by atoms with Gasteiger partial charge in [0.25, 0.3) is 0 Å². The highest BCUT2D eigenvalue weighted by atomic mass is 19.1. The van der Waals surface area contributed by atoms with Gasteiger partial charge in [0.1, 0.15) is 29.6 Å². The van der Waals surface area contributed by atoms with Gasteiger partial charge < -0.3 is 19.1 Å². The minimum Gasteiger partial charge on any atom is -0.478 e. The molecule has 0 radical (unpaired) electrons. The minimum absolute atomic E-state index is 0.0295. The van der Waals surface area contributed by atoms with Gasteiger partial charge in [-0.25, -0.2) is 18.6 Å².